The zero-order valence-electron chi connectivity index (χ0n) is 15.6. The van der Waals surface area contributed by atoms with Gasteiger partial charge in [0.1, 0.15) is 5.75 Å². The van der Waals surface area contributed by atoms with Crippen molar-refractivity contribution in [1.82, 2.24) is 5.32 Å². The van der Waals surface area contributed by atoms with Crippen molar-refractivity contribution in [3.05, 3.63) is 59.7 Å². The second-order valence-electron chi connectivity index (χ2n) is 6.60. The molecule has 0 aromatic heterocycles. The summed E-state index contributed by atoms with van der Waals surface area (Å²) < 4.78 is 11.1. The van der Waals surface area contributed by atoms with E-state index in [4.69, 9.17) is 14.6 Å². The minimum absolute atomic E-state index is 0.0811. The summed E-state index contributed by atoms with van der Waals surface area (Å²) in [4.78, 5) is 13.4. The zero-order chi connectivity index (χ0) is 19.1. The summed E-state index contributed by atoms with van der Waals surface area (Å²) in [5.41, 5.74) is 2.48. The molecule has 0 amide bonds. The lowest BCUT2D eigenvalue weighted by Gasteiger charge is -2.34. The molecule has 1 aliphatic rings. The molecule has 2 aromatic carbocycles. The van der Waals surface area contributed by atoms with Crippen LogP contribution in [0.2, 0.25) is 0 Å². The van der Waals surface area contributed by atoms with E-state index in [1.807, 2.05) is 18.2 Å². The minimum Gasteiger partial charge on any atom is -0.497 e. The van der Waals surface area contributed by atoms with Gasteiger partial charge in [-0.2, -0.15) is 0 Å². The molecule has 0 radical (unpaired) electrons. The molecule has 1 aliphatic heterocycles. The zero-order valence-corrected chi connectivity index (χ0v) is 15.6. The fourth-order valence-corrected chi connectivity index (χ4v) is 3.24. The fourth-order valence-electron chi connectivity index (χ4n) is 3.24. The summed E-state index contributed by atoms with van der Waals surface area (Å²) in [7, 11) is 1.68. The maximum atomic E-state index is 11.2. The largest absolute Gasteiger partial charge is 0.497 e. The number of nitrogens with one attached hydrogen (secondary N) is 1. The molecule has 6 heteroatoms. The molecule has 0 spiro atoms. The second-order valence-corrected chi connectivity index (χ2v) is 6.60. The van der Waals surface area contributed by atoms with E-state index in [1.165, 1.54) is 5.56 Å². The molecule has 27 heavy (non-hydrogen) atoms. The lowest BCUT2D eigenvalue weighted by atomic mass is 10.1. The standard InChI is InChI=1S/C21H26N2O4/c1-26-19-7-2-4-16(12-19)8-9-22-14-20-15-23(10-11-27-20)18-6-3-5-17(13-18)21(24)25/h2-7,12-13,20,22H,8-11,14-15H2,1H3,(H,24,25)/t20-/m1/s1. The highest BCUT2D eigenvalue weighted by molar-refractivity contribution is 5.88. The van der Waals surface area contributed by atoms with Crippen LogP contribution in [-0.4, -0.2) is 57.1 Å². The monoisotopic (exact) mass is 370 g/mol. The summed E-state index contributed by atoms with van der Waals surface area (Å²) in [5, 5.41) is 12.6. The Hall–Kier alpha value is -2.57. The van der Waals surface area contributed by atoms with Crippen molar-refractivity contribution >= 4 is 11.7 Å². The summed E-state index contributed by atoms with van der Waals surface area (Å²) in [5.74, 6) is -0.0248. The van der Waals surface area contributed by atoms with Crippen molar-refractivity contribution in [1.29, 1.82) is 0 Å². The van der Waals surface area contributed by atoms with Gasteiger partial charge >= 0.3 is 5.97 Å². The van der Waals surface area contributed by atoms with Gasteiger partial charge in [-0.05, 0) is 48.9 Å². The van der Waals surface area contributed by atoms with Gasteiger partial charge in [-0.3, -0.25) is 0 Å². The Balaban J connectivity index is 1.47. The topological polar surface area (TPSA) is 71.0 Å². The molecule has 1 atom stereocenters. The van der Waals surface area contributed by atoms with Crippen molar-refractivity contribution in [3.8, 4) is 5.75 Å². The van der Waals surface area contributed by atoms with Crippen LogP contribution in [-0.2, 0) is 11.2 Å². The van der Waals surface area contributed by atoms with Gasteiger partial charge in [0.2, 0.25) is 0 Å². The van der Waals surface area contributed by atoms with Gasteiger partial charge in [0, 0.05) is 25.3 Å². The fraction of sp³-hybridized carbons (Fsp3) is 0.381. The van der Waals surface area contributed by atoms with E-state index in [1.54, 1.807) is 25.3 Å². The highest BCUT2D eigenvalue weighted by Crippen LogP contribution is 2.19. The molecule has 1 fully saturated rings. The van der Waals surface area contributed by atoms with Crippen LogP contribution in [0, 0.1) is 0 Å². The Bertz CT molecular complexity index is 765. The lowest BCUT2D eigenvalue weighted by Crippen LogP contribution is -2.47. The molecule has 144 valence electrons. The van der Waals surface area contributed by atoms with Crippen molar-refractivity contribution in [3.63, 3.8) is 0 Å². The van der Waals surface area contributed by atoms with Gasteiger partial charge in [0.15, 0.2) is 0 Å². The van der Waals surface area contributed by atoms with Gasteiger partial charge in [0.25, 0.3) is 0 Å². The minimum atomic E-state index is -0.902. The SMILES string of the molecule is COc1cccc(CCNC[C@@H]2CN(c3cccc(C(=O)O)c3)CCO2)c1. The molecular weight excluding hydrogens is 344 g/mol. The number of anilines is 1. The second kappa shape index (κ2) is 9.39. The van der Waals surface area contributed by atoms with E-state index in [9.17, 15) is 4.79 Å². The number of nitrogens with zero attached hydrogens (tertiary/aromatic N) is 1. The first kappa shape index (κ1) is 19.2. The first-order valence-electron chi connectivity index (χ1n) is 9.19. The number of ether oxygens (including phenoxy) is 2. The van der Waals surface area contributed by atoms with E-state index >= 15 is 0 Å². The van der Waals surface area contributed by atoms with Crippen LogP contribution in [0.15, 0.2) is 48.5 Å². The molecule has 0 unspecified atom stereocenters. The Morgan fingerprint density at radius 2 is 2.15 bits per heavy atom. The number of hydrogen-bond acceptors (Lipinski definition) is 5. The van der Waals surface area contributed by atoms with Crippen LogP contribution < -0.4 is 15.0 Å². The molecule has 0 saturated carbocycles. The van der Waals surface area contributed by atoms with Crippen molar-refractivity contribution in [2.45, 2.75) is 12.5 Å². The number of benzene rings is 2. The normalized spacial score (nSPS) is 16.9. The maximum Gasteiger partial charge on any atom is 0.335 e. The number of carboxylic acids is 1. The third-order valence-corrected chi connectivity index (χ3v) is 4.69. The van der Waals surface area contributed by atoms with Gasteiger partial charge in [0.05, 0.1) is 25.4 Å². The Kier molecular flexibility index (Phi) is 6.68. The average molecular weight is 370 g/mol. The summed E-state index contributed by atoms with van der Waals surface area (Å²) in [6.45, 7) is 3.78. The summed E-state index contributed by atoms with van der Waals surface area (Å²) in [6, 6.07) is 15.2. The van der Waals surface area contributed by atoms with Crippen molar-refractivity contribution < 1.29 is 19.4 Å². The third kappa shape index (κ3) is 5.45. The van der Waals surface area contributed by atoms with E-state index < -0.39 is 5.97 Å². The average Bonchev–Trinajstić information content (AvgIpc) is 2.71. The molecule has 1 heterocycles. The van der Waals surface area contributed by atoms with Crippen LogP contribution in [0.1, 0.15) is 15.9 Å². The molecule has 0 bridgehead atoms. The smallest absolute Gasteiger partial charge is 0.335 e. The number of methoxy groups -OCH3 is 1. The number of morpholine rings is 1. The highest BCUT2D eigenvalue weighted by atomic mass is 16.5. The van der Waals surface area contributed by atoms with Crippen LogP contribution in [0.4, 0.5) is 5.69 Å². The molecule has 1 saturated heterocycles. The first-order chi connectivity index (χ1) is 13.2. The number of aromatic carboxylic acids is 1. The molecule has 0 aliphatic carbocycles. The maximum absolute atomic E-state index is 11.2. The predicted molar refractivity (Wildman–Crippen MR) is 105 cm³/mol. The summed E-state index contributed by atoms with van der Waals surface area (Å²) in [6.07, 6.45) is 1.01. The number of rotatable bonds is 8. The van der Waals surface area contributed by atoms with Gasteiger partial charge in [-0.25, -0.2) is 4.79 Å². The van der Waals surface area contributed by atoms with E-state index in [-0.39, 0.29) is 6.10 Å². The Morgan fingerprint density at radius 3 is 2.96 bits per heavy atom. The molecule has 2 aromatic rings. The van der Waals surface area contributed by atoms with Crippen LogP contribution in [0.3, 0.4) is 0 Å². The summed E-state index contributed by atoms with van der Waals surface area (Å²) >= 11 is 0. The van der Waals surface area contributed by atoms with Crippen LogP contribution in [0.5, 0.6) is 5.75 Å². The van der Waals surface area contributed by atoms with Crippen LogP contribution >= 0.6 is 0 Å². The molecule has 6 nitrogen and oxygen atoms in total. The number of carbonyl (C=O) groups is 1. The highest BCUT2D eigenvalue weighted by Gasteiger charge is 2.21. The quantitative estimate of drug-likeness (QED) is 0.696. The van der Waals surface area contributed by atoms with Crippen LogP contribution in [0.25, 0.3) is 0 Å². The van der Waals surface area contributed by atoms with Gasteiger partial charge in [-0.15, -0.1) is 0 Å². The van der Waals surface area contributed by atoms with E-state index in [0.29, 0.717) is 12.2 Å². The van der Waals surface area contributed by atoms with Gasteiger partial charge < -0.3 is 24.8 Å². The Morgan fingerprint density at radius 1 is 1.30 bits per heavy atom. The first-order valence-corrected chi connectivity index (χ1v) is 9.19. The van der Waals surface area contributed by atoms with Crippen molar-refractivity contribution in [2.24, 2.45) is 0 Å². The Labute approximate surface area is 159 Å². The predicted octanol–water partition coefficient (Wildman–Crippen LogP) is 2.43. The molecule has 2 N–H and O–H groups in total. The molecular formula is C21H26N2O4. The number of carboxylic acid groups (broad SMARTS) is 1. The number of hydrogen-bond donors (Lipinski definition) is 2. The van der Waals surface area contributed by atoms with Crippen molar-refractivity contribution in [2.75, 3.05) is 44.8 Å². The van der Waals surface area contributed by atoms with E-state index in [0.717, 1.165) is 44.0 Å². The van der Waals surface area contributed by atoms with E-state index in [2.05, 4.69) is 22.3 Å². The third-order valence-electron chi connectivity index (χ3n) is 4.69. The van der Waals surface area contributed by atoms with Gasteiger partial charge in [-0.1, -0.05) is 18.2 Å². The molecule has 3 rings (SSSR count). The lowest BCUT2D eigenvalue weighted by molar-refractivity contribution is 0.0411.